The van der Waals surface area contributed by atoms with Crippen molar-refractivity contribution in [2.45, 2.75) is 13.0 Å². The third-order valence-electron chi connectivity index (χ3n) is 7.00. The molecule has 0 radical (unpaired) electrons. The normalized spacial score (nSPS) is 17.7. The molecule has 6 rings (SSSR count). The average molecular weight is 575 g/mol. The Morgan fingerprint density at radius 1 is 0.951 bits per heavy atom. The molecule has 0 spiro atoms. The molecular formula is C30H26N2O8S. The molecule has 1 saturated heterocycles. The fourth-order valence-electron chi connectivity index (χ4n) is 5.07. The lowest BCUT2D eigenvalue weighted by molar-refractivity contribution is -0.132. The molecule has 1 aromatic heterocycles. The van der Waals surface area contributed by atoms with E-state index in [1.165, 1.54) is 37.6 Å². The molecule has 11 heteroatoms. The number of hydrogen-bond donors (Lipinski definition) is 1. The zero-order chi connectivity index (χ0) is 28.8. The van der Waals surface area contributed by atoms with Crippen LogP contribution in [-0.2, 0) is 9.59 Å². The number of benzene rings is 3. The number of thiazole rings is 1. The SMILES string of the molecule is COc1cc(C2/C(=C(/O)c3ccc4c(c3)OCCO4)C(=O)C(=O)N2c2nc3ccc(C)cc3s2)cc(OC)c1OC. The number of nitrogens with zero attached hydrogens (tertiary/aromatic N) is 2. The maximum absolute atomic E-state index is 13.7. The average Bonchev–Trinajstić information content (AvgIpc) is 3.52. The summed E-state index contributed by atoms with van der Waals surface area (Å²) in [5.74, 6) is -0.0836. The summed E-state index contributed by atoms with van der Waals surface area (Å²) in [6.07, 6.45) is 0. The van der Waals surface area contributed by atoms with Crippen molar-refractivity contribution in [2.75, 3.05) is 39.4 Å². The van der Waals surface area contributed by atoms with Gasteiger partial charge in [-0.05, 0) is 60.5 Å². The van der Waals surface area contributed by atoms with Gasteiger partial charge in [0.1, 0.15) is 19.0 Å². The van der Waals surface area contributed by atoms with E-state index in [9.17, 15) is 14.7 Å². The number of Topliss-reactive ketones (excluding diaryl/α,β-unsaturated/α-hetero) is 1. The zero-order valence-corrected chi connectivity index (χ0v) is 23.5. The van der Waals surface area contributed by atoms with Gasteiger partial charge in [0, 0.05) is 5.56 Å². The predicted molar refractivity (Wildman–Crippen MR) is 153 cm³/mol. The largest absolute Gasteiger partial charge is 0.507 e. The number of aliphatic hydroxyl groups excluding tert-OH is 1. The molecule has 0 aliphatic carbocycles. The van der Waals surface area contributed by atoms with Crippen LogP contribution in [-0.4, -0.2) is 56.3 Å². The summed E-state index contributed by atoms with van der Waals surface area (Å²) in [6.45, 7) is 2.73. The molecule has 2 aliphatic heterocycles. The van der Waals surface area contributed by atoms with Gasteiger partial charge in [-0.15, -0.1) is 0 Å². The molecule has 41 heavy (non-hydrogen) atoms. The Morgan fingerprint density at radius 3 is 2.34 bits per heavy atom. The van der Waals surface area contributed by atoms with E-state index >= 15 is 0 Å². The smallest absolute Gasteiger partial charge is 0.301 e. The summed E-state index contributed by atoms with van der Waals surface area (Å²) in [7, 11) is 4.43. The number of methoxy groups -OCH3 is 3. The lowest BCUT2D eigenvalue weighted by Crippen LogP contribution is -2.29. The van der Waals surface area contributed by atoms with Crippen molar-refractivity contribution >= 4 is 44.1 Å². The minimum absolute atomic E-state index is 0.114. The van der Waals surface area contributed by atoms with Gasteiger partial charge in [0.15, 0.2) is 28.1 Å². The number of aromatic nitrogens is 1. The minimum Gasteiger partial charge on any atom is -0.507 e. The van der Waals surface area contributed by atoms with Gasteiger partial charge in [0.25, 0.3) is 5.78 Å². The van der Waals surface area contributed by atoms with Crippen LogP contribution in [0.25, 0.3) is 16.0 Å². The number of amides is 1. The zero-order valence-electron chi connectivity index (χ0n) is 22.7. The van der Waals surface area contributed by atoms with E-state index in [1.54, 1.807) is 30.3 Å². The maximum Gasteiger partial charge on any atom is 0.301 e. The van der Waals surface area contributed by atoms with E-state index in [0.29, 0.717) is 63.7 Å². The molecule has 2 aliphatic rings. The number of aliphatic hydroxyl groups is 1. The fourth-order valence-corrected chi connectivity index (χ4v) is 6.16. The summed E-state index contributed by atoms with van der Waals surface area (Å²) in [5.41, 5.74) is 2.36. The second-order valence-corrected chi connectivity index (χ2v) is 10.5. The number of aryl methyl sites for hydroxylation is 1. The summed E-state index contributed by atoms with van der Waals surface area (Å²) in [6, 6.07) is 12.9. The number of carbonyl (C=O) groups excluding carboxylic acids is 2. The van der Waals surface area contributed by atoms with E-state index in [-0.39, 0.29) is 11.3 Å². The molecule has 210 valence electrons. The quantitative estimate of drug-likeness (QED) is 0.192. The summed E-state index contributed by atoms with van der Waals surface area (Å²) in [5, 5.41) is 11.9. The van der Waals surface area contributed by atoms with E-state index in [2.05, 4.69) is 4.98 Å². The standard InChI is InChI=1S/C30H26N2O8S/c1-15-5-7-18-23(11-15)41-30(31-18)32-25(17-13-21(36-2)28(38-4)22(14-17)37-3)24(27(34)29(32)35)26(33)16-6-8-19-20(12-16)40-10-9-39-19/h5-8,11-14,25,33H,9-10H2,1-4H3/b26-24-. The Kier molecular flexibility index (Phi) is 6.66. The fraction of sp³-hybridized carbons (Fsp3) is 0.233. The highest BCUT2D eigenvalue weighted by Crippen LogP contribution is 2.48. The third kappa shape index (κ3) is 4.38. The Labute approximate surface area is 239 Å². The number of carbonyl (C=O) groups is 2. The molecule has 1 fully saturated rings. The highest BCUT2D eigenvalue weighted by molar-refractivity contribution is 7.22. The van der Waals surface area contributed by atoms with Gasteiger partial charge >= 0.3 is 5.91 Å². The number of rotatable bonds is 6. The predicted octanol–water partition coefficient (Wildman–Crippen LogP) is 5.03. The first-order chi connectivity index (χ1) is 19.8. The van der Waals surface area contributed by atoms with Gasteiger partial charge < -0.3 is 28.8 Å². The maximum atomic E-state index is 13.7. The number of ketones is 1. The van der Waals surface area contributed by atoms with Crippen molar-refractivity contribution in [2.24, 2.45) is 0 Å². The Hall–Kier alpha value is -4.77. The molecule has 0 saturated carbocycles. The summed E-state index contributed by atoms with van der Waals surface area (Å²) in [4.78, 5) is 33.4. The molecule has 1 unspecified atom stereocenters. The Morgan fingerprint density at radius 2 is 1.66 bits per heavy atom. The molecule has 3 heterocycles. The number of fused-ring (bicyclic) bond motifs is 2. The van der Waals surface area contributed by atoms with Gasteiger partial charge in [-0.1, -0.05) is 17.4 Å². The first-order valence-electron chi connectivity index (χ1n) is 12.7. The van der Waals surface area contributed by atoms with Crippen molar-refractivity contribution in [1.82, 2.24) is 4.98 Å². The number of hydrogen-bond acceptors (Lipinski definition) is 10. The highest BCUT2D eigenvalue weighted by atomic mass is 32.1. The molecule has 3 aromatic carbocycles. The molecule has 10 nitrogen and oxygen atoms in total. The molecule has 1 atom stereocenters. The van der Waals surface area contributed by atoms with Crippen LogP contribution in [0, 0.1) is 6.92 Å². The number of anilines is 1. The van der Waals surface area contributed by atoms with E-state index < -0.39 is 17.7 Å². The lowest BCUT2D eigenvalue weighted by atomic mass is 9.94. The second-order valence-electron chi connectivity index (χ2n) is 9.45. The van der Waals surface area contributed by atoms with Crippen molar-refractivity contribution in [3.8, 4) is 28.7 Å². The Balaban J connectivity index is 1.59. The van der Waals surface area contributed by atoms with Crippen LogP contribution in [0.1, 0.15) is 22.7 Å². The number of ether oxygens (including phenoxy) is 5. The van der Waals surface area contributed by atoms with Crippen molar-refractivity contribution < 1.29 is 38.4 Å². The Bertz CT molecular complexity index is 1720. The van der Waals surface area contributed by atoms with Crippen molar-refractivity contribution in [3.05, 3.63) is 70.8 Å². The van der Waals surface area contributed by atoms with Crippen LogP contribution in [0.2, 0.25) is 0 Å². The molecule has 0 bridgehead atoms. The first kappa shape index (κ1) is 26.5. The topological polar surface area (TPSA) is 117 Å². The van der Waals surface area contributed by atoms with Crippen LogP contribution >= 0.6 is 11.3 Å². The van der Waals surface area contributed by atoms with Crippen LogP contribution in [0.4, 0.5) is 5.13 Å². The van der Waals surface area contributed by atoms with Crippen molar-refractivity contribution in [3.63, 3.8) is 0 Å². The van der Waals surface area contributed by atoms with Gasteiger partial charge in [-0.3, -0.25) is 14.5 Å². The van der Waals surface area contributed by atoms with E-state index in [1.807, 2.05) is 25.1 Å². The monoisotopic (exact) mass is 574 g/mol. The van der Waals surface area contributed by atoms with E-state index in [0.717, 1.165) is 10.3 Å². The molecule has 4 aromatic rings. The summed E-state index contributed by atoms with van der Waals surface area (Å²) >= 11 is 1.28. The second kappa shape index (κ2) is 10.3. The van der Waals surface area contributed by atoms with Gasteiger partial charge in [-0.25, -0.2) is 4.98 Å². The van der Waals surface area contributed by atoms with Crippen molar-refractivity contribution in [1.29, 1.82) is 0 Å². The van der Waals surface area contributed by atoms with Gasteiger partial charge in [-0.2, -0.15) is 0 Å². The van der Waals surface area contributed by atoms with Crippen LogP contribution in [0.15, 0.2) is 54.1 Å². The van der Waals surface area contributed by atoms with Crippen LogP contribution in [0.3, 0.4) is 0 Å². The highest BCUT2D eigenvalue weighted by Gasteiger charge is 2.48. The van der Waals surface area contributed by atoms with Gasteiger partial charge in [0.05, 0.1) is 43.2 Å². The van der Waals surface area contributed by atoms with E-state index in [4.69, 9.17) is 23.7 Å². The van der Waals surface area contributed by atoms with Crippen LogP contribution < -0.4 is 28.6 Å². The third-order valence-corrected chi connectivity index (χ3v) is 8.02. The van der Waals surface area contributed by atoms with Crippen LogP contribution in [0.5, 0.6) is 28.7 Å². The first-order valence-corrected chi connectivity index (χ1v) is 13.5. The lowest BCUT2D eigenvalue weighted by Gasteiger charge is -2.25. The van der Waals surface area contributed by atoms with Gasteiger partial charge in [0.2, 0.25) is 5.75 Å². The summed E-state index contributed by atoms with van der Waals surface area (Å²) < 4.78 is 28.7. The minimum atomic E-state index is -1.06. The molecular weight excluding hydrogens is 548 g/mol. The molecule has 1 amide bonds. The molecule has 1 N–H and O–H groups in total.